The molecule has 0 N–H and O–H groups in total. The molecule has 1 aromatic carbocycles. The van der Waals surface area contributed by atoms with Gasteiger partial charge in [0.25, 0.3) is 0 Å². The van der Waals surface area contributed by atoms with Crippen LogP contribution in [0.5, 0.6) is 0 Å². The van der Waals surface area contributed by atoms with Crippen LogP contribution >= 0.6 is 0 Å². The third-order valence-corrected chi connectivity index (χ3v) is 3.92. The van der Waals surface area contributed by atoms with E-state index in [2.05, 4.69) is 31.2 Å². The van der Waals surface area contributed by atoms with Gasteiger partial charge in [-0.25, -0.2) is 0 Å². The van der Waals surface area contributed by atoms with Crippen molar-refractivity contribution >= 4 is 5.78 Å². The smallest absolute Gasteiger partial charge is 0.134 e. The van der Waals surface area contributed by atoms with E-state index >= 15 is 0 Å². The monoisotopic (exact) mass is 230 g/mol. The zero-order chi connectivity index (χ0) is 12.3. The van der Waals surface area contributed by atoms with Crippen LogP contribution in [-0.4, -0.2) is 5.78 Å². The molecular weight excluding hydrogens is 208 g/mol. The fraction of sp³-hybridized carbons (Fsp3) is 0.562. The van der Waals surface area contributed by atoms with E-state index in [0.717, 1.165) is 17.4 Å². The predicted octanol–water partition coefficient (Wildman–Crippen LogP) is 4.11. The highest BCUT2D eigenvalue weighted by Gasteiger charge is 2.19. The first-order chi connectivity index (χ1) is 8.15. The van der Waals surface area contributed by atoms with Gasteiger partial charge in [-0.15, -0.1) is 0 Å². The lowest BCUT2D eigenvalue weighted by Gasteiger charge is -2.26. The molecule has 0 spiro atoms. The number of carbonyl (C=O) groups excluding carboxylic acids is 1. The molecule has 1 aliphatic carbocycles. The first-order valence-electron chi connectivity index (χ1n) is 6.73. The van der Waals surface area contributed by atoms with E-state index < -0.39 is 0 Å². The molecular formula is C16H22O. The molecule has 1 heteroatoms. The topological polar surface area (TPSA) is 17.1 Å². The van der Waals surface area contributed by atoms with Gasteiger partial charge in [0.15, 0.2) is 0 Å². The van der Waals surface area contributed by atoms with Crippen LogP contribution in [0.15, 0.2) is 24.3 Å². The van der Waals surface area contributed by atoms with Crippen LogP contribution in [0.3, 0.4) is 0 Å². The van der Waals surface area contributed by atoms with Crippen LogP contribution in [-0.2, 0) is 11.2 Å². The molecule has 1 saturated carbocycles. The molecule has 0 unspecified atom stereocenters. The van der Waals surface area contributed by atoms with Gasteiger partial charge in [0.2, 0.25) is 0 Å². The van der Waals surface area contributed by atoms with E-state index in [1.54, 1.807) is 6.92 Å². The molecule has 0 atom stereocenters. The summed E-state index contributed by atoms with van der Waals surface area (Å²) in [6, 6.07) is 8.68. The average molecular weight is 230 g/mol. The second kappa shape index (κ2) is 5.48. The summed E-state index contributed by atoms with van der Waals surface area (Å²) in [7, 11) is 0. The minimum absolute atomic E-state index is 0.240. The maximum atomic E-state index is 11.0. The Balaban J connectivity index is 2.00. The van der Waals surface area contributed by atoms with Crippen LogP contribution < -0.4 is 0 Å². The lowest BCUT2D eigenvalue weighted by molar-refractivity contribution is -0.116. The lowest BCUT2D eigenvalue weighted by atomic mass is 9.79. The predicted molar refractivity (Wildman–Crippen MR) is 71.2 cm³/mol. The highest BCUT2D eigenvalue weighted by atomic mass is 16.1. The third-order valence-electron chi connectivity index (χ3n) is 3.92. The van der Waals surface area contributed by atoms with Gasteiger partial charge >= 0.3 is 0 Å². The van der Waals surface area contributed by atoms with E-state index in [1.165, 1.54) is 31.2 Å². The molecule has 1 aliphatic rings. The average Bonchev–Trinajstić information content (AvgIpc) is 2.30. The summed E-state index contributed by atoms with van der Waals surface area (Å²) in [5, 5.41) is 0. The van der Waals surface area contributed by atoms with Gasteiger partial charge in [-0.1, -0.05) is 44.0 Å². The van der Waals surface area contributed by atoms with E-state index in [9.17, 15) is 4.79 Å². The van der Waals surface area contributed by atoms with Crippen molar-refractivity contribution in [2.75, 3.05) is 0 Å². The zero-order valence-corrected chi connectivity index (χ0v) is 10.9. The van der Waals surface area contributed by atoms with Gasteiger partial charge in [0.1, 0.15) is 5.78 Å². The number of Topliss-reactive ketones (excluding diaryl/α,β-unsaturated/α-hetero) is 1. The van der Waals surface area contributed by atoms with Crippen molar-refractivity contribution in [3.63, 3.8) is 0 Å². The fourth-order valence-electron chi connectivity index (χ4n) is 2.79. The van der Waals surface area contributed by atoms with Crippen LogP contribution in [0.4, 0.5) is 0 Å². The molecule has 2 rings (SSSR count). The SMILES string of the molecule is CC(=O)Cc1ccc(C2CCC(C)CC2)cc1. The number of carbonyl (C=O) groups is 1. The summed E-state index contributed by atoms with van der Waals surface area (Å²) in [4.78, 5) is 11.0. The molecule has 92 valence electrons. The molecule has 0 saturated heterocycles. The molecule has 1 aromatic rings. The Bertz CT molecular complexity index is 369. The van der Waals surface area contributed by atoms with Crippen molar-refractivity contribution in [3.8, 4) is 0 Å². The van der Waals surface area contributed by atoms with E-state index in [1.807, 2.05) is 0 Å². The van der Waals surface area contributed by atoms with E-state index in [0.29, 0.717) is 6.42 Å². The highest BCUT2D eigenvalue weighted by Crippen LogP contribution is 2.35. The molecule has 0 aromatic heterocycles. The summed E-state index contributed by atoms with van der Waals surface area (Å²) < 4.78 is 0. The molecule has 0 bridgehead atoms. The largest absolute Gasteiger partial charge is 0.300 e. The van der Waals surface area contributed by atoms with Crippen LogP contribution in [0, 0.1) is 5.92 Å². The van der Waals surface area contributed by atoms with Gasteiger partial charge in [0, 0.05) is 6.42 Å². The van der Waals surface area contributed by atoms with Crippen molar-refractivity contribution < 1.29 is 4.79 Å². The fourth-order valence-corrected chi connectivity index (χ4v) is 2.79. The second-order valence-corrected chi connectivity index (χ2v) is 5.58. The minimum Gasteiger partial charge on any atom is -0.300 e. The molecule has 0 heterocycles. The maximum absolute atomic E-state index is 11.0. The Hall–Kier alpha value is -1.11. The number of hydrogen-bond donors (Lipinski definition) is 0. The van der Waals surface area contributed by atoms with Crippen LogP contribution in [0.1, 0.15) is 56.6 Å². The van der Waals surface area contributed by atoms with E-state index in [-0.39, 0.29) is 5.78 Å². The first kappa shape index (κ1) is 12.3. The first-order valence-corrected chi connectivity index (χ1v) is 6.73. The molecule has 0 aliphatic heterocycles. The Kier molecular flexibility index (Phi) is 3.98. The number of ketones is 1. The number of rotatable bonds is 3. The van der Waals surface area contributed by atoms with Crippen molar-refractivity contribution in [2.45, 2.75) is 51.9 Å². The lowest BCUT2D eigenvalue weighted by Crippen LogP contribution is -2.10. The maximum Gasteiger partial charge on any atom is 0.134 e. The summed E-state index contributed by atoms with van der Waals surface area (Å²) in [6.07, 6.45) is 5.95. The molecule has 0 amide bonds. The quantitative estimate of drug-likeness (QED) is 0.763. The number of hydrogen-bond acceptors (Lipinski definition) is 1. The van der Waals surface area contributed by atoms with E-state index in [4.69, 9.17) is 0 Å². The zero-order valence-electron chi connectivity index (χ0n) is 10.9. The third kappa shape index (κ3) is 3.42. The van der Waals surface area contributed by atoms with Gasteiger partial charge in [-0.2, -0.15) is 0 Å². The molecule has 17 heavy (non-hydrogen) atoms. The highest BCUT2D eigenvalue weighted by molar-refractivity contribution is 5.78. The molecule has 0 radical (unpaired) electrons. The summed E-state index contributed by atoms with van der Waals surface area (Å²) >= 11 is 0. The Morgan fingerprint density at radius 1 is 1.12 bits per heavy atom. The van der Waals surface area contributed by atoms with Crippen molar-refractivity contribution in [1.82, 2.24) is 0 Å². The summed E-state index contributed by atoms with van der Waals surface area (Å²) in [5.74, 6) is 1.89. The molecule has 1 nitrogen and oxygen atoms in total. The molecule has 1 fully saturated rings. The van der Waals surface area contributed by atoms with Crippen molar-refractivity contribution in [2.24, 2.45) is 5.92 Å². The second-order valence-electron chi connectivity index (χ2n) is 5.58. The minimum atomic E-state index is 0.240. The van der Waals surface area contributed by atoms with Gasteiger partial charge < -0.3 is 0 Å². The van der Waals surface area contributed by atoms with Gasteiger partial charge in [0.05, 0.1) is 0 Å². The van der Waals surface area contributed by atoms with Crippen molar-refractivity contribution in [1.29, 1.82) is 0 Å². The standard InChI is InChI=1S/C16H22O/c1-12-3-7-15(8-4-12)16-9-5-14(6-10-16)11-13(2)17/h5-6,9-10,12,15H,3-4,7-8,11H2,1-2H3. The van der Waals surface area contributed by atoms with Crippen LogP contribution in [0.25, 0.3) is 0 Å². The summed E-state index contributed by atoms with van der Waals surface area (Å²) in [5.41, 5.74) is 2.61. The van der Waals surface area contributed by atoms with Crippen LogP contribution in [0.2, 0.25) is 0 Å². The Morgan fingerprint density at radius 2 is 1.71 bits per heavy atom. The Labute approximate surface area is 104 Å². The Morgan fingerprint density at radius 3 is 2.24 bits per heavy atom. The van der Waals surface area contributed by atoms with Gasteiger partial charge in [-0.05, 0) is 42.7 Å². The van der Waals surface area contributed by atoms with Crippen molar-refractivity contribution in [3.05, 3.63) is 35.4 Å². The number of benzene rings is 1. The normalized spacial score (nSPS) is 24.6. The summed E-state index contributed by atoms with van der Waals surface area (Å²) in [6.45, 7) is 4.00. The van der Waals surface area contributed by atoms with Gasteiger partial charge in [-0.3, -0.25) is 4.79 Å².